The molecule has 0 aromatic heterocycles. The molecule has 0 aliphatic rings. The first-order valence-electron chi connectivity index (χ1n) is 15.1. The van der Waals surface area contributed by atoms with Gasteiger partial charge in [-0.25, -0.2) is 66.7 Å². The fraction of sp³-hybridized carbons (Fsp3) is 0. The maximum Gasteiger partial charge on any atom is 0.298 e. The second kappa shape index (κ2) is 15.9. The van der Waals surface area contributed by atoms with E-state index in [1.807, 2.05) is 0 Å². The van der Waals surface area contributed by atoms with Crippen LogP contribution in [0.25, 0.3) is 33.0 Å². The van der Waals surface area contributed by atoms with Gasteiger partial charge >= 0.3 is 0 Å². The number of hydrogen-bond acceptors (Lipinski definition) is 7. The van der Waals surface area contributed by atoms with Crippen molar-refractivity contribution in [3.63, 3.8) is 0 Å². The van der Waals surface area contributed by atoms with E-state index in [1.54, 1.807) is 0 Å². The van der Waals surface area contributed by atoms with Crippen molar-refractivity contribution >= 4 is 32.9 Å². The molecule has 61 heavy (non-hydrogen) atoms. The van der Waals surface area contributed by atoms with E-state index >= 15 is 35.1 Å². The van der Waals surface area contributed by atoms with Crippen LogP contribution in [-0.4, -0.2) is 18.2 Å². The zero-order valence-electron chi connectivity index (χ0n) is 27.9. The van der Waals surface area contributed by atoms with Gasteiger partial charge < -0.3 is 9.47 Å². The van der Waals surface area contributed by atoms with Gasteiger partial charge in [0.05, 0.1) is 39.2 Å². The second-order valence-electron chi connectivity index (χ2n) is 11.6. The lowest BCUT2D eigenvalue weighted by molar-refractivity contribution is -0.116. The van der Waals surface area contributed by atoms with Gasteiger partial charge in [0.15, 0.2) is 69.8 Å². The molecule has 0 fully saturated rings. The summed E-state index contributed by atoms with van der Waals surface area (Å²) in [6.07, 6.45) is 0. The topological polar surface area (TPSA) is 102 Å². The monoisotopic (exact) mass is 932 g/mol. The van der Waals surface area contributed by atoms with Crippen LogP contribution >= 0.6 is 12.0 Å². The predicted molar refractivity (Wildman–Crippen MR) is 166 cm³/mol. The third-order valence-electron chi connectivity index (χ3n) is 8.16. The van der Waals surface area contributed by atoms with Gasteiger partial charge in [-0.2, -0.15) is 30.3 Å². The minimum atomic E-state index is -5.71. The van der Waals surface area contributed by atoms with Gasteiger partial charge in [0.2, 0.25) is 46.4 Å². The lowest BCUT2D eigenvalue weighted by Crippen LogP contribution is -2.10. The molecule has 0 amide bonds. The Kier molecular flexibility index (Phi) is 11.6. The Bertz CT molecular complexity index is 2910. The highest BCUT2D eigenvalue weighted by Crippen LogP contribution is 2.46. The third kappa shape index (κ3) is 7.17. The standard InChI is InChI=1S/C34H6F18O7S2/c35-15-11(16(36)24(44)27(47)23(15)43)13-19(39)29(49)33(30(50)20(13)40)57-7-1-5-2-8(10(61(54,55)56)4-6(5)3-9(7)60-59-53)58-34-31(51)21(41)14(22(42)32(34)52)12-17(37)25(45)28(48)26(46)18(12)38/h1-4,53H,(H,54,55,56). The minimum Gasteiger partial charge on any atom is -0.450 e. The van der Waals surface area contributed by atoms with Gasteiger partial charge in [-0.3, -0.25) is 4.55 Å². The summed E-state index contributed by atoms with van der Waals surface area (Å²) in [5, 5.41) is 7.72. The normalized spacial score (nSPS) is 11.9. The van der Waals surface area contributed by atoms with E-state index in [0.717, 1.165) is 0 Å². The maximum absolute atomic E-state index is 15.3. The predicted octanol–water partition coefficient (Wildman–Crippen LogP) is 12.0. The lowest BCUT2D eigenvalue weighted by Gasteiger charge is -2.17. The Morgan fingerprint density at radius 3 is 1.00 bits per heavy atom. The largest absolute Gasteiger partial charge is 0.450 e. The Labute approximate surface area is 327 Å². The summed E-state index contributed by atoms with van der Waals surface area (Å²) in [4.78, 5) is -2.37. The number of rotatable bonds is 9. The van der Waals surface area contributed by atoms with Gasteiger partial charge in [-0.15, -0.1) is 0 Å². The highest BCUT2D eigenvalue weighted by Gasteiger charge is 2.38. The van der Waals surface area contributed by atoms with Crippen molar-refractivity contribution in [2.45, 2.75) is 9.79 Å². The van der Waals surface area contributed by atoms with E-state index in [-0.39, 0.29) is 18.1 Å². The fourth-order valence-electron chi connectivity index (χ4n) is 5.44. The molecule has 7 nitrogen and oxygen atoms in total. The summed E-state index contributed by atoms with van der Waals surface area (Å²) in [5.41, 5.74) is -10.0. The van der Waals surface area contributed by atoms with Crippen LogP contribution in [-0.2, 0) is 14.5 Å². The Hall–Kier alpha value is -5.90. The number of benzene rings is 6. The van der Waals surface area contributed by atoms with Gasteiger partial charge in [0.1, 0.15) is 16.4 Å². The van der Waals surface area contributed by atoms with Crippen LogP contribution in [0.4, 0.5) is 79.0 Å². The Balaban J connectivity index is 1.53. The summed E-state index contributed by atoms with van der Waals surface area (Å²) in [5.74, 6) is -58.8. The van der Waals surface area contributed by atoms with Gasteiger partial charge in [0, 0.05) is 0 Å². The number of halogens is 18. The molecule has 2 N–H and O–H groups in total. The molecular weight excluding hydrogens is 926 g/mol. The molecule has 0 saturated heterocycles. The number of fused-ring (bicyclic) bond motifs is 1. The average Bonchev–Trinajstić information content (AvgIpc) is 3.21. The smallest absolute Gasteiger partial charge is 0.298 e. The molecule has 6 rings (SSSR count). The molecule has 0 bridgehead atoms. The second-order valence-corrected chi connectivity index (χ2v) is 13.7. The number of hydrogen-bond donors (Lipinski definition) is 2. The zero-order valence-corrected chi connectivity index (χ0v) is 29.5. The van der Waals surface area contributed by atoms with Crippen molar-refractivity contribution in [1.29, 1.82) is 0 Å². The van der Waals surface area contributed by atoms with Crippen molar-refractivity contribution < 1.29 is 111 Å². The first kappa shape index (κ1) is 44.6. The molecule has 0 unspecified atom stereocenters. The highest BCUT2D eigenvalue weighted by molar-refractivity contribution is 7.94. The average molecular weight is 933 g/mol. The number of ether oxygens (including phenoxy) is 2. The van der Waals surface area contributed by atoms with E-state index in [2.05, 4.69) is 9.07 Å². The van der Waals surface area contributed by atoms with Crippen molar-refractivity contribution in [3.8, 4) is 45.3 Å². The van der Waals surface area contributed by atoms with E-state index < -0.39 is 181 Å². The Morgan fingerprint density at radius 1 is 0.393 bits per heavy atom. The molecule has 6 aromatic rings. The highest BCUT2D eigenvalue weighted by atomic mass is 32.2. The third-order valence-corrected chi connectivity index (χ3v) is 9.61. The van der Waals surface area contributed by atoms with Gasteiger partial charge in [-0.05, 0) is 35.0 Å². The van der Waals surface area contributed by atoms with Crippen LogP contribution in [0.15, 0.2) is 34.1 Å². The minimum absolute atomic E-state index is 0.256. The fourth-order valence-corrected chi connectivity index (χ4v) is 6.51. The molecule has 6 aromatic carbocycles. The molecule has 0 aliphatic carbocycles. The maximum atomic E-state index is 15.3. The van der Waals surface area contributed by atoms with E-state index in [0.29, 0.717) is 18.2 Å². The molecular formula is C34H6F18O7S2. The van der Waals surface area contributed by atoms with Crippen LogP contribution in [0, 0.1) is 105 Å². The summed E-state index contributed by atoms with van der Waals surface area (Å²) in [6.45, 7) is 0. The summed E-state index contributed by atoms with van der Waals surface area (Å²) >= 11 is -0.271. The van der Waals surface area contributed by atoms with E-state index in [9.17, 15) is 56.9 Å². The summed E-state index contributed by atoms with van der Waals surface area (Å²) in [6, 6.07) is 1.57. The molecule has 0 radical (unpaired) electrons. The van der Waals surface area contributed by atoms with E-state index in [1.165, 1.54) is 0 Å². The molecule has 0 heterocycles. The van der Waals surface area contributed by atoms with Crippen molar-refractivity contribution in [1.82, 2.24) is 0 Å². The molecule has 0 saturated carbocycles. The molecule has 0 atom stereocenters. The van der Waals surface area contributed by atoms with E-state index in [4.69, 9.17) is 9.99 Å². The van der Waals surface area contributed by atoms with Crippen molar-refractivity contribution in [2.75, 3.05) is 0 Å². The van der Waals surface area contributed by atoms with Crippen molar-refractivity contribution in [2.24, 2.45) is 0 Å². The first-order chi connectivity index (χ1) is 28.4. The lowest BCUT2D eigenvalue weighted by atomic mass is 10.0. The van der Waals surface area contributed by atoms with Gasteiger partial charge in [-0.1, -0.05) is 0 Å². The van der Waals surface area contributed by atoms with Crippen LogP contribution in [0.2, 0.25) is 0 Å². The molecule has 322 valence electrons. The van der Waals surface area contributed by atoms with Crippen LogP contribution in [0.3, 0.4) is 0 Å². The SMILES string of the molecule is O=S(=O)(O)c1cc2cc(SOO)c(Oc3c(F)c(F)c(-c4c(F)c(F)c(F)c(F)c4F)c(F)c3F)cc2cc1Oc1c(F)c(F)c(-c2c(F)c(F)c(F)c(F)c2F)c(F)c1F. The van der Waals surface area contributed by atoms with Crippen LogP contribution in [0.5, 0.6) is 23.0 Å². The molecule has 27 heteroatoms. The van der Waals surface area contributed by atoms with Crippen LogP contribution in [0.1, 0.15) is 0 Å². The van der Waals surface area contributed by atoms with Crippen LogP contribution < -0.4 is 9.47 Å². The van der Waals surface area contributed by atoms with Crippen molar-refractivity contribution in [3.05, 3.63) is 129 Å². The zero-order chi connectivity index (χ0) is 45.5. The molecule has 0 spiro atoms. The summed E-state index contributed by atoms with van der Waals surface area (Å²) in [7, 11) is -5.71. The quantitative estimate of drug-likeness (QED) is 0.0281. The molecule has 0 aliphatic heterocycles. The van der Waals surface area contributed by atoms with Gasteiger partial charge in [0.25, 0.3) is 10.1 Å². The summed E-state index contributed by atoms with van der Waals surface area (Å²) < 4.78 is 309. The first-order valence-corrected chi connectivity index (χ1v) is 17.2. The Morgan fingerprint density at radius 2 is 0.672 bits per heavy atom.